The molecule has 2 N–H and O–H groups in total. The van der Waals surface area contributed by atoms with Crippen LogP contribution >= 0.6 is 11.3 Å². The van der Waals surface area contributed by atoms with E-state index in [1.165, 1.54) is 29.9 Å². The molecule has 0 bridgehead atoms. The number of carbonyl (C=O) groups is 1. The molecular weight excluding hydrogens is 250 g/mol. The highest BCUT2D eigenvalue weighted by molar-refractivity contribution is 7.10. The molecule has 0 spiro atoms. The summed E-state index contributed by atoms with van der Waals surface area (Å²) >= 11 is 1.50. The largest absolute Gasteiger partial charge is 0.388 e. The second kappa shape index (κ2) is 6.23. The quantitative estimate of drug-likeness (QED) is 0.855. The highest BCUT2D eigenvalue weighted by Gasteiger charge is 2.10. The van der Waals surface area contributed by atoms with E-state index < -0.39 is 6.10 Å². The van der Waals surface area contributed by atoms with E-state index in [-0.39, 0.29) is 11.6 Å². The fraction of sp³-hybridized carbons (Fsp3) is 0.250. The third-order valence-corrected chi connectivity index (χ3v) is 3.34. The summed E-state index contributed by atoms with van der Waals surface area (Å²) in [5.41, 5.74) is 0.281. The molecule has 5 nitrogen and oxygen atoms in total. The lowest BCUT2D eigenvalue weighted by atomic mass is 10.2. The third kappa shape index (κ3) is 3.35. The number of aliphatic hydroxyl groups is 1. The summed E-state index contributed by atoms with van der Waals surface area (Å²) in [7, 11) is 0. The zero-order valence-electron chi connectivity index (χ0n) is 9.61. The van der Waals surface area contributed by atoms with E-state index in [0.29, 0.717) is 13.0 Å². The lowest BCUT2D eigenvalue weighted by Gasteiger charge is -2.09. The topological polar surface area (TPSA) is 75.1 Å². The summed E-state index contributed by atoms with van der Waals surface area (Å²) in [4.78, 5) is 20.2. The number of aliphatic hydroxyl groups excluding tert-OH is 1. The normalized spacial score (nSPS) is 12.1. The smallest absolute Gasteiger partial charge is 0.271 e. The second-order valence-electron chi connectivity index (χ2n) is 3.67. The number of thiophene rings is 1. The molecule has 6 heteroatoms. The molecule has 0 saturated carbocycles. The Labute approximate surface area is 109 Å². The Morgan fingerprint density at radius 3 is 3.06 bits per heavy atom. The van der Waals surface area contributed by atoms with Crippen molar-refractivity contribution in [3.63, 3.8) is 0 Å². The standard InChI is InChI=1S/C12H13N3O2S/c16-10(11-2-1-7-18-11)3-4-15-12(17)9-8-13-5-6-14-9/h1-2,5-8,10,16H,3-4H2,(H,15,17). The van der Waals surface area contributed by atoms with Crippen molar-refractivity contribution in [2.24, 2.45) is 0 Å². The Morgan fingerprint density at radius 2 is 2.39 bits per heavy atom. The van der Waals surface area contributed by atoms with Crippen molar-refractivity contribution in [2.45, 2.75) is 12.5 Å². The molecule has 0 aliphatic rings. The molecule has 94 valence electrons. The number of carbonyl (C=O) groups excluding carboxylic acids is 1. The van der Waals surface area contributed by atoms with Gasteiger partial charge >= 0.3 is 0 Å². The number of hydrogen-bond acceptors (Lipinski definition) is 5. The van der Waals surface area contributed by atoms with Crippen LogP contribution in [0.2, 0.25) is 0 Å². The molecule has 1 amide bonds. The van der Waals surface area contributed by atoms with E-state index >= 15 is 0 Å². The first-order valence-corrected chi connectivity index (χ1v) is 6.41. The van der Waals surface area contributed by atoms with Gasteiger partial charge in [0.1, 0.15) is 5.69 Å². The van der Waals surface area contributed by atoms with Gasteiger partial charge in [0.25, 0.3) is 5.91 Å². The van der Waals surface area contributed by atoms with Crippen molar-refractivity contribution in [3.8, 4) is 0 Å². The van der Waals surface area contributed by atoms with Crippen LogP contribution in [-0.4, -0.2) is 27.5 Å². The summed E-state index contributed by atoms with van der Waals surface area (Å²) in [5, 5.41) is 14.4. The molecule has 1 unspecified atom stereocenters. The average molecular weight is 263 g/mol. The van der Waals surface area contributed by atoms with Gasteiger partial charge in [0, 0.05) is 23.8 Å². The van der Waals surface area contributed by atoms with E-state index in [4.69, 9.17) is 0 Å². The maximum absolute atomic E-state index is 11.6. The van der Waals surface area contributed by atoms with Crippen LogP contribution in [0.4, 0.5) is 0 Å². The van der Waals surface area contributed by atoms with E-state index in [9.17, 15) is 9.90 Å². The summed E-state index contributed by atoms with van der Waals surface area (Å²) in [6.07, 6.45) is 4.33. The van der Waals surface area contributed by atoms with E-state index in [0.717, 1.165) is 4.88 Å². The fourth-order valence-electron chi connectivity index (χ4n) is 1.45. The van der Waals surface area contributed by atoms with Crippen molar-refractivity contribution in [2.75, 3.05) is 6.54 Å². The van der Waals surface area contributed by atoms with Crippen molar-refractivity contribution in [1.29, 1.82) is 0 Å². The Bertz CT molecular complexity index is 487. The molecule has 2 aromatic heterocycles. The SMILES string of the molecule is O=C(NCCC(O)c1cccs1)c1cnccn1. The van der Waals surface area contributed by atoms with Crippen LogP contribution < -0.4 is 5.32 Å². The predicted molar refractivity (Wildman–Crippen MR) is 68.3 cm³/mol. The first-order valence-electron chi connectivity index (χ1n) is 5.53. The van der Waals surface area contributed by atoms with Crippen LogP contribution in [0.1, 0.15) is 27.9 Å². The van der Waals surface area contributed by atoms with Crippen LogP contribution in [0.3, 0.4) is 0 Å². The van der Waals surface area contributed by atoms with Crippen molar-refractivity contribution < 1.29 is 9.90 Å². The highest BCUT2D eigenvalue weighted by Crippen LogP contribution is 2.20. The van der Waals surface area contributed by atoms with E-state index in [1.807, 2.05) is 17.5 Å². The summed E-state index contributed by atoms with van der Waals surface area (Å²) < 4.78 is 0. The molecule has 0 aliphatic heterocycles. The lowest BCUT2D eigenvalue weighted by molar-refractivity contribution is 0.0938. The van der Waals surface area contributed by atoms with Crippen molar-refractivity contribution >= 4 is 17.2 Å². The number of nitrogens with one attached hydrogen (secondary N) is 1. The molecule has 2 aromatic rings. The molecule has 18 heavy (non-hydrogen) atoms. The fourth-order valence-corrected chi connectivity index (χ4v) is 2.20. The number of hydrogen-bond donors (Lipinski definition) is 2. The highest BCUT2D eigenvalue weighted by atomic mass is 32.1. The molecule has 2 heterocycles. The van der Waals surface area contributed by atoms with Crippen molar-refractivity contribution in [1.82, 2.24) is 15.3 Å². The predicted octanol–water partition coefficient (Wildman–Crippen LogP) is 1.39. The van der Waals surface area contributed by atoms with Gasteiger partial charge in [-0.2, -0.15) is 0 Å². The maximum Gasteiger partial charge on any atom is 0.271 e. The van der Waals surface area contributed by atoms with Gasteiger partial charge in [-0.25, -0.2) is 4.98 Å². The molecule has 0 aliphatic carbocycles. The Hall–Kier alpha value is -1.79. The molecule has 0 aromatic carbocycles. The van der Waals surface area contributed by atoms with E-state index in [1.54, 1.807) is 0 Å². The first kappa shape index (κ1) is 12.7. The minimum atomic E-state index is -0.535. The van der Waals surface area contributed by atoms with Gasteiger partial charge < -0.3 is 10.4 Å². The molecule has 2 rings (SSSR count). The van der Waals surface area contributed by atoms with Crippen LogP contribution in [-0.2, 0) is 0 Å². The van der Waals surface area contributed by atoms with Gasteiger partial charge in [-0.15, -0.1) is 11.3 Å². The van der Waals surface area contributed by atoms with Crippen LogP contribution in [0, 0.1) is 0 Å². The third-order valence-electron chi connectivity index (χ3n) is 2.37. The molecule has 0 saturated heterocycles. The number of aromatic nitrogens is 2. The zero-order valence-corrected chi connectivity index (χ0v) is 10.4. The Morgan fingerprint density at radius 1 is 1.50 bits per heavy atom. The second-order valence-corrected chi connectivity index (χ2v) is 4.65. The maximum atomic E-state index is 11.6. The summed E-state index contributed by atoms with van der Waals surface area (Å²) in [5.74, 6) is -0.276. The van der Waals surface area contributed by atoms with Crippen molar-refractivity contribution in [3.05, 3.63) is 46.7 Å². The Balaban J connectivity index is 1.77. The lowest BCUT2D eigenvalue weighted by Crippen LogP contribution is -2.26. The minimum Gasteiger partial charge on any atom is -0.388 e. The van der Waals surface area contributed by atoms with Crippen LogP contribution in [0.5, 0.6) is 0 Å². The molecule has 0 radical (unpaired) electrons. The van der Waals surface area contributed by atoms with Crippen LogP contribution in [0.15, 0.2) is 36.1 Å². The number of nitrogens with zero attached hydrogens (tertiary/aromatic N) is 2. The number of amides is 1. The van der Waals surface area contributed by atoms with Crippen LogP contribution in [0.25, 0.3) is 0 Å². The minimum absolute atomic E-state index is 0.276. The monoisotopic (exact) mass is 263 g/mol. The summed E-state index contributed by atoms with van der Waals surface area (Å²) in [6.45, 7) is 0.397. The van der Waals surface area contributed by atoms with Gasteiger partial charge in [-0.3, -0.25) is 9.78 Å². The van der Waals surface area contributed by atoms with Gasteiger partial charge in [0.15, 0.2) is 0 Å². The molecule has 1 atom stereocenters. The number of rotatable bonds is 5. The zero-order chi connectivity index (χ0) is 12.8. The van der Waals surface area contributed by atoms with Gasteiger partial charge in [-0.05, 0) is 17.9 Å². The van der Waals surface area contributed by atoms with Gasteiger partial charge in [0.05, 0.1) is 12.3 Å². The van der Waals surface area contributed by atoms with Gasteiger partial charge in [0.2, 0.25) is 0 Å². The Kier molecular flexibility index (Phi) is 4.38. The van der Waals surface area contributed by atoms with E-state index in [2.05, 4.69) is 15.3 Å². The average Bonchev–Trinajstić information content (AvgIpc) is 2.93. The van der Waals surface area contributed by atoms with Gasteiger partial charge in [-0.1, -0.05) is 6.07 Å². The molecule has 0 fully saturated rings. The molecular formula is C12H13N3O2S. The first-order chi connectivity index (χ1) is 8.77. The summed E-state index contributed by atoms with van der Waals surface area (Å²) in [6, 6.07) is 3.77.